The molecule has 0 aromatic heterocycles. The Balaban J connectivity index is 1.50. The zero-order valence-electron chi connectivity index (χ0n) is 19.8. The number of carbonyl (C=O) groups is 1. The fraction of sp³-hybridized carbons (Fsp3) is 0.0385. The first-order valence-electron chi connectivity index (χ1n) is 11.0. The third-order valence-corrected chi connectivity index (χ3v) is 8.66. The molecule has 38 heavy (non-hydrogen) atoms. The predicted octanol–water partition coefficient (Wildman–Crippen LogP) is 6.16. The van der Waals surface area contributed by atoms with Crippen LogP contribution in [0.4, 0.5) is 17.1 Å². The number of nitrogens with one attached hydrogen (secondary N) is 3. The Morgan fingerprint density at radius 3 is 1.89 bits per heavy atom. The smallest absolute Gasteiger partial charge is 0.262 e. The summed E-state index contributed by atoms with van der Waals surface area (Å²) in [6.07, 6.45) is 0. The number of sulfonamides is 2. The zero-order valence-corrected chi connectivity index (χ0v) is 22.9. The van der Waals surface area contributed by atoms with Crippen LogP contribution in [0.25, 0.3) is 0 Å². The lowest BCUT2D eigenvalue weighted by molar-refractivity contribution is 0.102. The van der Waals surface area contributed by atoms with Crippen molar-refractivity contribution in [2.75, 3.05) is 14.8 Å². The summed E-state index contributed by atoms with van der Waals surface area (Å²) in [5.41, 5.74) is 1.48. The lowest BCUT2D eigenvalue weighted by Crippen LogP contribution is -2.17. The Hall–Kier alpha value is -3.57. The summed E-state index contributed by atoms with van der Waals surface area (Å²) in [5, 5.41) is 3.19. The molecule has 0 unspecified atom stereocenters. The van der Waals surface area contributed by atoms with E-state index in [1.165, 1.54) is 60.7 Å². The SMILES string of the molecule is Cc1ccc(C(=O)Nc2ccc(S(=O)(=O)Nc3cc(Cl)cc(Cl)c3)cc2)cc1S(=O)(=O)Nc1ccccc1. The molecule has 8 nitrogen and oxygen atoms in total. The van der Waals surface area contributed by atoms with Gasteiger partial charge in [0.15, 0.2) is 0 Å². The number of amides is 1. The van der Waals surface area contributed by atoms with Crippen LogP contribution in [0.3, 0.4) is 0 Å². The second kappa shape index (κ2) is 11.0. The van der Waals surface area contributed by atoms with E-state index in [1.54, 1.807) is 37.3 Å². The number of hydrogen-bond acceptors (Lipinski definition) is 5. The summed E-state index contributed by atoms with van der Waals surface area (Å²) in [6.45, 7) is 1.63. The summed E-state index contributed by atoms with van der Waals surface area (Å²) in [7, 11) is -7.90. The number of hydrogen-bond donors (Lipinski definition) is 3. The molecule has 4 aromatic carbocycles. The van der Waals surface area contributed by atoms with Crippen molar-refractivity contribution < 1.29 is 21.6 Å². The van der Waals surface area contributed by atoms with Crippen LogP contribution < -0.4 is 14.8 Å². The largest absolute Gasteiger partial charge is 0.322 e. The molecule has 0 aliphatic heterocycles. The molecule has 3 N–H and O–H groups in total. The first-order valence-corrected chi connectivity index (χ1v) is 14.7. The van der Waals surface area contributed by atoms with Crippen LogP contribution in [0.1, 0.15) is 15.9 Å². The van der Waals surface area contributed by atoms with Crippen LogP contribution in [-0.4, -0.2) is 22.7 Å². The van der Waals surface area contributed by atoms with Crippen molar-refractivity contribution in [1.82, 2.24) is 0 Å². The molecule has 0 radical (unpaired) electrons. The van der Waals surface area contributed by atoms with Gasteiger partial charge in [0, 0.05) is 27.0 Å². The van der Waals surface area contributed by atoms with E-state index in [1.807, 2.05) is 0 Å². The van der Waals surface area contributed by atoms with Crippen molar-refractivity contribution in [3.8, 4) is 0 Å². The predicted molar refractivity (Wildman–Crippen MR) is 150 cm³/mol. The van der Waals surface area contributed by atoms with E-state index in [9.17, 15) is 21.6 Å². The molecule has 4 rings (SSSR count). The molecule has 12 heteroatoms. The molecule has 0 aliphatic carbocycles. The van der Waals surface area contributed by atoms with Crippen molar-refractivity contribution in [1.29, 1.82) is 0 Å². The van der Waals surface area contributed by atoms with Gasteiger partial charge in [-0.2, -0.15) is 0 Å². The topological polar surface area (TPSA) is 121 Å². The van der Waals surface area contributed by atoms with Gasteiger partial charge in [-0.3, -0.25) is 14.2 Å². The van der Waals surface area contributed by atoms with Gasteiger partial charge < -0.3 is 5.32 Å². The standard InChI is InChI=1S/C26H21Cl2N3O5S2/c1-17-7-8-18(13-25(17)38(35,36)30-22-5-3-2-4-6-22)26(32)29-21-9-11-24(12-10-21)37(33,34)31-23-15-19(27)14-20(28)16-23/h2-16,30-31H,1H3,(H,29,32). The minimum absolute atomic E-state index is 0.0392. The Bertz CT molecular complexity index is 1690. The molecule has 0 spiro atoms. The summed E-state index contributed by atoms with van der Waals surface area (Å²) in [6, 6.07) is 22.5. The molecule has 0 saturated heterocycles. The molecule has 196 valence electrons. The third-order valence-electron chi connectivity index (χ3n) is 5.30. The van der Waals surface area contributed by atoms with Gasteiger partial charge >= 0.3 is 0 Å². The van der Waals surface area contributed by atoms with E-state index >= 15 is 0 Å². The summed E-state index contributed by atoms with van der Waals surface area (Å²) < 4.78 is 56.2. The van der Waals surface area contributed by atoms with E-state index in [4.69, 9.17) is 23.2 Å². The van der Waals surface area contributed by atoms with Gasteiger partial charge in [-0.05, 0) is 79.2 Å². The summed E-state index contributed by atoms with van der Waals surface area (Å²) in [5.74, 6) is -0.566. The van der Waals surface area contributed by atoms with Crippen molar-refractivity contribution in [2.45, 2.75) is 16.7 Å². The maximum absolute atomic E-state index is 12.9. The number of para-hydroxylation sites is 1. The highest BCUT2D eigenvalue weighted by Crippen LogP contribution is 2.26. The van der Waals surface area contributed by atoms with Crippen molar-refractivity contribution in [3.63, 3.8) is 0 Å². The molecule has 0 aliphatic rings. The monoisotopic (exact) mass is 589 g/mol. The van der Waals surface area contributed by atoms with Gasteiger partial charge in [0.25, 0.3) is 26.0 Å². The first-order chi connectivity index (χ1) is 17.9. The number of rotatable bonds is 8. The molecule has 0 bridgehead atoms. The molecule has 4 aromatic rings. The van der Waals surface area contributed by atoms with Crippen molar-refractivity contribution in [3.05, 3.63) is 112 Å². The fourth-order valence-corrected chi connectivity index (χ4v) is 6.39. The van der Waals surface area contributed by atoms with E-state index in [-0.39, 0.29) is 31.1 Å². The highest BCUT2D eigenvalue weighted by Gasteiger charge is 2.20. The number of benzene rings is 4. The van der Waals surface area contributed by atoms with Gasteiger partial charge in [-0.15, -0.1) is 0 Å². The average Bonchev–Trinajstić information content (AvgIpc) is 2.84. The van der Waals surface area contributed by atoms with E-state index in [0.29, 0.717) is 16.9 Å². The Kier molecular flexibility index (Phi) is 7.98. The Morgan fingerprint density at radius 1 is 0.658 bits per heavy atom. The number of aryl methyl sites for hydroxylation is 1. The lowest BCUT2D eigenvalue weighted by Gasteiger charge is -2.13. The average molecular weight is 591 g/mol. The van der Waals surface area contributed by atoms with E-state index < -0.39 is 26.0 Å². The highest BCUT2D eigenvalue weighted by molar-refractivity contribution is 7.93. The minimum Gasteiger partial charge on any atom is -0.322 e. The van der Waals surface area contributed by atoms with Gasteiger partial charge in [-0.25, -0.2) is 16.8 Å². The maximum Gasteiger partial charge on any atom is 0.262 e. The quantitative estimate of drug-likeness (QED) is 0.227. The normalized spacial score (nSPS) is 11.6. The van der Waals surface area contributed by atoms with Gasteiger partial charge in [0.2, 0.25) is 0 Å². The number of carbonyl (C=O) groups excluding carboxylic acids is 1. The molecule has 0 fully saturated rings. The van der Waals surface area contributed by atoms with Crippen LogP contribution in [0.2, 0.25) is 10.0 Å². The van der Waals surface area contributed by atoms with Gasteiger partial charge in [0.1, 0.15) is 0 Å². The van der Waals surface area contributed by atoms with Crippen LogP contribution in [0.15, 0.2) is 101 Å². The van der Waals surface area contributed by atoms with E-state index in [0.717, 1.165) is 0 Å². The second-order valence-electron chi connectivity index (χ2n) is 8.19. The van der Waals surface area contributed by atoms with Crippen LogP contribution in [-0.2, 0) is 20.0 Å². The fourth-order valence-electron chi connectivity index (χ4n) is 3.49. The molecular weight excluding hydrogens is 569 g/mol. The van der Waals surface area contributed by atoms with Crippen molar-refractivity contribution in [2.24, 2.45) is 0 Å². The Morgan fingerprint density at radius 2 is 1.26 bits per heavy atom. The van der Waals surface area contributed by atoms with Gasteiger partial charge in [-0.1, -0.05) is 47.5 Å². The molecule has 1 amide bonds. The summed E-state index contributed by atoms with van der Waals surface area (Å²) >= 11 is 11.9. The minimum atomic E-state index is -3.95. The zero-order chi connectivity index (χ0) is 27.5. The molecule has 0 atom stereocenters. The second-order valence-corrected chi connectivity index (χ2v) is 12.4. The molecular formula is C26H21Cl2N3O5S2. The third kappa shape index (κ3) is 6.65. The Labute approximate surface area is 230 Å². The van der Waals surface area contributed by atoms with E-state index in [2.05, 4.69) is 14.8 Å². The first kappa shape index (κ1) is 27.5. The van der Waals surface area contributed by atoms with Crippen molar-refractivity contribution >= 4 is 66.2 Å². The highest BCUT2D eigenvalue weighted by atomic mass is 35.5. The lowest BCUT2D eigenvalue weighted by atomic mass is 10.1. The van der Waals surface area contributed by atoms with Crippen LogP contribution in [0.5, 0.6) is 0 Å². The maximum atomic E-state index is 12.9. The molecule has 0 heterocycles. The number of halogens is 2. The van der Waals surface area contributed by atoms with Crippen LogP contribution >= 0.6 is 23.2 Å². The number of anilines is 3. The molecule has 0 saturated carbocycles. The van der Waals surface area contributed by atoms with Crippen LogP contribution in [0, 0.1) is 6.92 Å². The van der Waals surface area contributed by atoms with Gasteiger partial charge in [0.05, 0.1) is 15.5 Å². The summed E-state index contributed by atoms with van der Waals surface area (Å²) in [4.78, 5) is 12.8.